The van der Waals surface area contributed by atoms with Gasteiger partial charge in [0.1, 0.15) is 0 Å². The van der Waals surface area contributed by atoms with Gasteiger partial charge in [-0.3, -0.25) is 4.57 Å². The minimum Gasteiger partial charge on any atom is -0.408 e. The topological polar surface area (TPSA) is 43.9 Å². The van der Waals surface area contributed by atoms with E-state index >= 15 is 0 Å². The summed E-state index contributed by atoms with van der Waals surface area (Å²) in [4.78, 5) is 0. The summed E-state index contributed by atoms with van der Waals surface area (Å²) < 4.78 is 7.94. The second-order valence-electron chi connectivity index (χ2n) is 6.41. The van der Waals surface area contributed by atoms with Gasteiger partial charge in [0.15, 0.2) is 0 Å². The van der Waals surface area contributed by atoms with Crippen LogP contribution < -0.4 is 0 Å². The van der Waals surface area contributed by atoms with Crippen LogP contribution in [-0.4, -0.2) is 14.8 Å². The van der Waals surface area contributed by atoms with Gasteiger partial charge in [-0.05, 0) is 11.1 Å². The minimum atomic E-state index is 0.474. The maximum Gasteiger partial charge on any atom is 0.327 e. The fourth-order valence-electron chi connectivity index (χ4n) is 3.58. The Morgan fingerprint density at radius 3 is 1.56 bits per heavy atom. The molecule has 0 unspecified atom stereocenters. The number of hydrogen-bond acceptors (Lipinski definition) is 3. The van der Waals surface area contributed by atoms with Crippen molar-refractivity contribution in [3.05, 3.63) is 90.8 Å². The molecule has 4 heteroatoms. The van der Waals surface area contributed by atoms with Crippen molar-refractivity contribution >= 4 is 10.8 Å². The zero-order chi connectivity index (χ0) is 18.2. The molecule has 0 bridgehead atoms. The van der Waals surface area contributed by atoms with E-state index in [0.29, 0.717) is 11.9 Å². The number of aryl methyl sites for hydroxylation is 1. The van der Waals surface area contributed by atoms with E-state index in [2.05, 4.69) is 63.3 Å². The van der Waals surface area contributed by atoms with Crippen LogP contribution in [0.25, 0.3) is 39.3 Å². The normalized spacial score (nSPS) is 11.1. The zero-order valence-electron chi connectivity index (χ0n) is 14.8. The molecule has 0 aliphatic heterocycles. The van der Waals surface area contributed by atoms with Crippen molar-refractivity contribution in [2.45, 2.75) is 6.92 Å². The summed E-state index contributed by atoms with van der Waals surface area (Å²) in [6.07, 6.45) is 0. The van der Waals surface area contributed by atoms with E-state index in [1.165, 1.54) is 0 Å². The Kier molecular flexibility index (Phi) is 3.61. The lowest BCUT2D eigenvalue weighted by Gasteiger charge is -2.10. The Bertz CT molecular complexity index is 1140. The summed E-state index contributed by atoms with van der Waals surface area (Å²) in [5.41, 5.74) is 4.31. The first kappa shape index (κ1) is 15.6. The molecule has 5 aromatic rings. The van der Waals surface area contributed by atoms with Crippen LogP contribution in [0.4, 0.5) is 0 Å². The number of aromatic nitrogens is 3. The van der Waals surface area contributed by atoms with Gasteiger partial charge in [0, 0.05) is 17.7 Å². The molecule has 4 nitrogen and oxygen atoms in total. The van der Waals surface area contributed by atoms with Gasteiger partial charge in [-0.1, -0.05) is 90.0 Å². The van der Waals surface area contributed by atoms with Crippen molar-refractivity contribution in [1.29, 1.82) is 0 Å². The fraction of sp³-hybridized carbons (Fsp3) is 0.0435. The number of hydrogen-bond donors (Lipinski definition) is 0. The molecule has 130 valence electrons. The maximum atomic E-state index is 5.86. The van der Waals surface area contributed by atoms with E-state index in [-0.39, 0.29) is 0 Å². The molecule has 2 aromatic heterocycles. The molecule has 0 saturated carbocycles. The van der Waals surface area contributed by atoms with Crippen LogP contribution in [0.1, 0.15) is 5.89 Å². The second kappa shape index (κ2) is 6.25. The maximum absolute atomic E-state index is 5.86. The third kappa shape index (κ3) is 2.54. The predicted octanol–water partition coefficient (Wildman–Crippen LogP) is 5.66. The summed E-state index contributed by atoms with van der Waals surface area (Å²) in [6, 6.07) is 29.5. The van der Waals surface area contributed by atoms with Crippen molar-refractivity contribution in [3.63, 3.8) is 0 Å². The Balaban J connectivity index is 1.96. The highest BCUT2D eigenvalue weighted by Crippen LogP contribution is 2.41. The van der Waals surface area contributed by atoms with Crippen molar-refractivity contribution in [2.24, 2.45) is 0 Å². The van der Waals surface area contributed by atoms with Crippen LogP contribution >= 0.6 is 0 Å². The molecule has 3 aromatic carbocycles. The monoisotopic (exact) mass is 351 g/mol. The second-order valence-corrected chi connectivity index (χ2v) is 6.41. The molecule has 27 heavy (non-hydrogen) atoms. The zero-order valence-corrected chi connectivity index (χ0v) is 14.8. The van der Waals surface area contributed by atoms with Crippen LogP contribution in [0, 0.1) is 6.92 Å². The molecule has 0 radical (unpaired) electrons. The fourth-order valence-corrected chi connectivity index (χ4v) is 3.58. The first-order valence-electron chi connectivity index (χ1n) is 8.87. The smallest absolute Gasteiger partial charge is 0.327 e. The SMILES string of the molecule is Cc1nnc(-n2c(-c3ccccc3)c3ccccc3c2-c2ccccc2)o1. The van der Waals surface area contributed by atoms with Gasteiger partial charge in [0.25, 0.3) is 0 Å². The van der Waals surface area contributed by atoms with Gasteiger partial charge in [0.2, 0.25) is 5.89 Å². The van der Waals surface area contributed by atoms with Gasteiger partial charge in [-0.2, -0.15) is 0 Å². The van der Waals surface area contributed by atoms with Crippen molar-refractivity contribution in [1.82, 2.24) is 14.8 Å². The van der Waals surface area contributed by atoms with Crippen molar-refractivity contribution in [3.8, 4) is 28.5 Å². The molecule has 0 atom stereocenters. The largest absolute Gasteiger partial charge is 0.408 e. The lowest BCUT2D eigenvalue weighted by molar-refractivity contribution is 0.498. The lowest BCUT2D eigenvalue weighted by atomic mass is 10.0. The Labute approximate surface area is 156 Å². The molecular formula is C23H17N3O. The summed E-state index contributed by atoms with van der Waals surface area (Å²) in [5.74, 6) is 0.542. The number of benzene rings is 3. The Morgan fingerprint density at radius 1 is 0.630 bits per heavy atom. The van der Waals surface area contributed by atoms with Gasteiger partial charge in [-0.25, -0.2) is 0 Å². The number of rotatable bonds is 3. The third-order valence-electron chi connectivity index (χ3n) is 4.69. The molecule has 0 fully saturated rings. The van der Waals surface area contributed by atoms with Gasteiger partial charge < -0.3 is 4.42 Å². The molecule has 0 amide bonds. The van der Waals surface area contributed by atoms with E-state index in [4.69, 9.17) is 4.42 Å². The highest BCUT2D eigenvalue weighted by molar-refractivity contribution is 6.06. The van der Waals surface area contributed by atoms with E-state index < -0.39 is 0 Å². The molecule has 0 spiro atoms. The molecule has 0 aliphatic carbocycles. The van der Waals surface area contributed by atoms with Gasteiger partial charge >= 0.3 is 6.01 Å². The Hall–Kier alpha value is -3.66. The summed E-state index contributed by atoms with van der Waals surface area (Å²) in [6.45, 7) is 1.81. The number of nitrogens with zero attached hydrogens (tertiary/aromatic N) is 3. The highest BCUT2D eigenvalue weighted by atomic mass is 16.4. The van der Waals surface area contributed by atoms with Crippen LogP contribution in [0.15, 0.2) is 89.3 Å². The average Bonchev–Trinajstić information content (AvgIpc) is 3.30. The Morgan fingerprint density at radius 2 is 1.11 bits per heavy atom. The molecular weight excluding hydrogens is 334 g/mol. The van der Waals surface area contributed by atoms with Gasteiger partial charge in [-0.15, -0.1) is 5.10 Å². The molecule has 5 rings (SSSR count). The molecule has 2 heterocycles. The first-order valence-corrected chi connectivity index (χ1v) is 8.87. The number of fused-ring (bicyclic) bond motifs is 1. The average molecular weight is 351 g/mol. The van der Waals surface area contributed by atoms with Gasteiger partial charge in [0.05, 0.1) is 11.4 Å². The molecule has 0 N–H and O–H groups in total. The lowest BCUT2D eigenvalue weighted by Crippen LogP contribution is -2.00. The summed E-state index contributed by atoms with van der Waals surface area (Å²) in [5, 5.41) is 10.7. The highest BCUT2D eigenvalue weighted by Gasteiger charge is 2.23. The van der Waals surface area contributed by atoms with Crippen molar-refractivity contribution in [2.75, 3.05) is 0 Å². The first-order chi connectivity index (χ1) is 13.3. The molecule has 0 aliphatic rings. The van der Waals surface area contributed by atoms with Crippen LogP contribution in [-0.2, 0) is 0 Å². The summed E-state index contributed by atoms with van der Waals surface area (Å²) in [7, 11) is 0. The van der Waals surface area contributed by atoms with E-state index in [0.717, 1.165) is 33.3 Å². The minimum absolute atomic E-state index is 0.474. The van der Waals surface area contributed by atoms with Crippen LogP contribution in [0.5, 0.6) is 0 Å². The van der Waals surface area contributed by atoms with E-state index in [1.54, 1.807) is 0 Å². The summed E-state index contributed by atoms with van der Waals surface area (Å²) >= 11 is 0. The van der Waals surface area contributed by atoms with Crippen LogP contribution in [0.3, 0.4) is 0 Å². The molecule has 0 saturated heterocycles. The van der Waals surface area contributed by atoms with E-state index in [9.17, 15) is 0 Å². The van der Waals surface area contributed by atoms with Crippen molar-refractivity contribution < 1.29 is 4.42 Å². The predicted molar refractivity (Wildman–Crippen MR) is 107 cm³/mol. The van der Waals surface area contributed by atoms with Crippen LogP contribution in [0.2, 0.25) is 0 Å². The standard InChI is InChI=1S/C23H17N3O/c1-16-24-25-23(27-16)26-21(17-10-4-2-5-11-17)19-14-8-9-15-20(19)22(26)18-12-6-3-7-13-18/h2-15H,1H3. The third-order valence-corrected chi connectivity index (χ3v) is 4.69. The quantitative estimate of drug-likeness (QED) is 0.421. The van der Waals surface area contributed by atoms with E-state index in [1.807, 2.05) is 43.3 Å².